The molecule has 67 heavy (non-hydrogen) atoms. The van der Waals surface area contributed by atoms with Gasteiger partial charge in [0, 0.05) is 19.3 Å². The Kier molecular flexibility index (Phi) is 54.7. The van der Waals surface area contributed by atoms with Crippen LogP contribution >= 0.6 is 0 Å². The van der Waals surface area contributed by atoms with Gasteiger partial charge in [-0.2, -0.15) is 0 Å². The quantitative estimate of drug-likeness (QED) is 0.0262. The van der Waals surface area contributed by atoms with E-state index in [2.05, 4.69) is 45.1 Å². The molecule has 0 aromatic heterocycles. The maximum Gasteiger partial charge on any atom is 0.306 e. The predicted molar refractivity (Wildman–Crippen MR) is 289 cm³/mol. The number of esters is 3. The molecule has 0 amide bonds. The summed E-state index contributed by atoms with van der Waals surface area (Å²) in [5.74, 6) is -0.857. The minimum absolute atomic E-state index is 0.0697. The summed E-state index contributed by atoms with van der Waals surface area (Å²) >= 11 is 0. The number of carbonyl (C=O) groups is 3. The number of allylic oxidation sites excluding steroid dienone is 4. The van der Waals surface area contributed by atoms with Crippen molar-refractivity contribution in [1.82, 2.24) is 0 Å². The molecule has 0 rings (SSSR count). The summed E-state index contributed by atoms with van der Waals surface area (Å²) in [4.78, 5) is 38.2. The summed E-state index contributed by atoms with van der Waals surface area (Å²) in [7, 11) is 0. The molecule has 394 valence electrons. The summed E-state index contributed by atoms with van der Waals surface area (Å²) in [6.45, 7) is 6.67. The Morgan fingerprint density at radius 3 is 0.761 bits per heavy atom. The van der Waals surface area contributed by atoms with Crippen LogP contribution in [0.5, 0.6) is 0 Å². The van der Waals surface area contributed by atoms with E-state index in [-0.39, 0.29) is 31.1 Å². The Balaban J connectivity index is 4.33. The van der Waals surface area contributed by atoms with E-state index in [0.717, 1.165) is 57.8 Å². The highest BCUT2D eigenvalue weighted by Crippen LogP contribution is 2.17. The van der Waals surface area contributed by atoms with E-state index in [0.29, 0.717) is 19.3 Å². The largest absolute Gasteiger partial charge is 0.462 e. The van der Waals surface area contributed by atoms with Crippen molar-refractivity contribution in [3.05, 3.63) is 24.3 Å². The van der Waals surface area contributed by atoms with Gasteiger partial charge in [-0.05, 0) is 70.6 Å². The highest BCUT2D eigenvalue weighted by atomic mass is 16.6. The first-order chi connectivity index (χ1) is 33.0. The van der Waals surface area contributed by atoms with E-state index in [1.807, 2.05) is 0 Å². The van der Waals surface area contributed by atoms with Gasteiger partial charge in [0.25, 0.3) is 0 Å². The second-order valence-corrected chi connectivity index (χ2v) is 20.3. The Bertz CT molecular complexity index is 1080. The minimum atomic E-state index is -0.772. The number of hydrogen-bond donors (Lipinski definition) is 0. The van der Waals surface area contributed by atoms with Crippen LogP contribution in [0.25, 0.3) is 0 Å². The van der Waals surface area contributed by atoms with Gasteiger partial charge in [-0.3, -0.25) is 14.4 Å². The van der Waals surface area contributed by atoms with Gasteiger partial charge in [0.05, 0.1) is 0 Å². The molecule has 1 atom stereocenters. The zero-order valence-electron chi connectivity index (χ0n) is 45.2. The van der Waals surface area contributed by atoms with E-state index in [4.69, 9.17) is 14.2 Å². The smallest absolute Gasteiger partial charge is 0.306 e. The van der Waals surface area contributed by atoms with Gasteiger partial charge < -0.3 is 14.2 Å². The van der Waals surface area contributed by atoms with Gasteiger partial charge in [0.1, 0.15) is 13.2 Å². The van der Waals surface area contributed by atoms with Crippen LogP contribution in [0.3, 0.4) is 0 Å². The first-order valence-corrected chi connectivity index (χ1v) is 29.8. The van der Waals surface area contributed by atoms with Crippen molar-refractivity contribution in [2.75, 3.05) is 13.2 Å². The van der Waals surface area contributed by atoms with Crippen LogP contribution in [-0.2, 0) is 28.6 Å². The number of unbranched alkanes of at least 4 members (excludes halogenated alkanes) is 40. The average Bonchev–Trinajstić information content (AvgIpc) is 3.33. The summed E-state index contributed by atoms with van der Waals surface area (Å²) in [5.41, 5.74) is 0. The van der Waals surface area contributed by atoms with Gasteiger partial charge >= 0.3 is 17.9 Å². The third kappa shape index (κ3) is 54.7. The number of hydrogen-bond acceptors (Lipinski definition) is 6. The Morgan fingerprint density at radius 2 is 0.493 bits per heavy atom. The summed E-state index contributed by atoms with van der Waals surface area (Å²) < 4.78 is 16.9. The van der Waals surface area contributed by atoms with Crippen LogP contribution < -0.4 is 0 Å². The lowest BCUT2D eigenvalue weighted by atomic mass is 10.0. The fourth-order valence-corrected chi connectivity index (χ4v) is 8.91. The van der Waals surface area contributed by atoms with E-state index >= 15 is 0 Å². The van der Waals surface area contributed by atoms with E-state index < -0.39 is 6.10 Å². The molecule has 0 bridgehead atoms. The molecule has 0 radical (unpaired) electrons. The summed E-state index contributed by atoms with van der Waals surface area (Å²) in [6, 6.07) is 0. The van der Waals surface area contributed by atoms with E-state index in [9.17, 15) is 14.4 Å². The molecule has 0 aliphatic heterocycles. The van der Waals surface area contributed by atoms with Crippen molar-refractivity contribution < 1.29 is 28.6 Å². The van der Waals surface area contributed by atoms with Gasteiger partial charge in [0.15, 0.2) is 6.10 Å². The maximum atomic E-state index is 12.9. The van der Waals surface area contributed by atoms with Gasteiger partial charge in [-0.15, -0.1) is 0 Å². The van der Waals surface area contributed by atoms with Gasteiger partial charge in [0.2, 0.25) is 0 Å². The number of rotatable bonds is 55. The van der Waals surface area contributed by atoms with Crippen LogP contribution in [0.15, 0.2) is 24.3 Å². The second kappa shape index (κ2) is 56.5. The predicted octanol–water partition coefficient (Wildman–Crippen LogP) is 19.9. The Morgan fingerprint density at radius 1 is 0.284 bits per heavy atom. The fraction of sp³-hybridized carbons (Fsp3) is 0.885. The molecule has 6 heteroatoms. The highest BCUT2D eigenvalue weighted by molar-refractivity contribution is 5.71. The molecule has 0 aliphatic carbocycles. The molecule has 0 N–H and O–H groups in total. The molecule has 0 aliphatic rings. The molecule has 0 saturated heterocycles. The van der Waals surface area contributed by atoms with Crippen molar-refractivity contribution in [3.8, 4) is 0 Å². The average molecular weight is 944 g/mol. The molecule has 0 aromatic rings. The van der Waals surface area contributed by atoms with E-state index in [1.165, 1.54) is 231 Å². The van der Waals surface area contributed by atoms with Crippen molar-refractivity contribution in [1.29, 1.82) is 0 Å². The van der Waals surface area contributed by atoms with Crippen molar-refractivity contribution in [3.63, 3.8) is 0 Å². The lowest BCUT2D eigenvalue weighted by Gasteiger charge is -2.18. The van der Waals surface area contributed by atoms with Gasteiger partial charge in [-0.25, -0.2) is 0 Å². The lowest BCUT2D eigenvalue weighted by Crippen LogP contribution is -2.30. The van der Waals surface area contributed by atoms with Gasteiger partial charge in [-0.1, -0.05) is 263 Å². The van der Waals surface area contributed by atoms with Crippen molar-refractivity contribution >= 4 is 17.9 Å². The number of ether oxygens (including phenoxy) is 3. The normalized spacial score (nSPS) is 12.1. The van der Waals surface area contributed by atoms with Crippen LogP contribution in [0.1, 0.15) is 329 Å². The topological polar surface area (TPSA) is 78.9 Å². The molecule has 0 aromatic carbocycles. The van der Waals surface area contributed by atoms with Crippen LogP contribution in [-0.4, -0.2) is 37.2 Å². The SMILES string of the molecule is CCCCCC/C=C\CCCCCCCCCC(=O)O[C@H](COC(=O)CCCCCCCCC/C=C\CCCCCCCC)COC(=O)CCCCCCCCCCCCCCCCCCC. The fourth-order valence-electron chi connectivity index (χ4n) is 8.91. The minimum Gasteiger partial charge on any atom is -0.462 e. The molecule has 0 spiro atoms. The zero-order chi connectivity index (χ0) is 48.6. The third-order valence-electron chi connectivity index (χ3n) is 13.4. The first-order valence-electron chi connectivity index (χ1n) is 29.8. The number of carbonyl (C=O) groups excluding carboxylic acids is 3. The first kappa shape index (κ1) is 64.9. The maximum absolute atomic E-state index is 12.9. The third-order valence-corrected chi connectivity index (χ3v) is 13.4. The zero-order valence-corrected chi connectivity index (χ0v) is 45.2. The molecule has 6 nitrogen and oxygen atoms in total. The Hall–Kier alpha value is -2.11. The standard InChI is InChI=1S/C61H114O6/c1-4-7-10-13-16-19-22-25-28-30-33-35-38-41-44-47-50-53-59(62)65-56-58(67-61(64)55-52-49-46-43-40-37-32-27-24-21-18-15-12-9-6-3)57-66-60(63)54-51-48-45-42-39-36-34-31-29-26-23-20-17-14-11-8-5-2/h21,24-25,28,58H,4-20,22-23,26-27,29-57H2,1-3H3/b24-21-,28-25-/t58-/m1/s1. The van der Waals surface area contributed by atoms with E-state index in [1.54, 1.807) is 0 Å². The molecular weight excluding hydrogens is 829 g/mol. The summed E-state index contributed by atoms with van der Waals surface area (Å²) in [5, 5.41) is 0. The van der Waals surface area contributed by atoms with Crippen molar-refractivity contribution in [2.24, 2.45) is 0 Å². The second-order valence-electron chi connectivity index (χ2n) is 20.3. The van der Waals surface area contributed by atoms with Crippen LogP contribution in [0.2, 0.25) is 0 Å². The molecule has 0 heterocycles. The van der Waals surface area contributed by atoms with Crippen LogP contribution in [0.4, 0.5) is 0 Å². The Labute approximate surface area is 417 Å². The highest BCUT2D eigenvalue weighted by Gasteiger charge is 2.19. The van der Waals surface area contributed by atoms with Crippen molar-refractivity contribution in [2.45, 2.75) is 335 Å². The monoisotopic (exact) mass is 943 g/mol. The lowest BCUT2D eigenvalue weighted by molar-refractivity contribution is -0.167. The van der Waals surface area contributed by atoms with Crippen LogP contribution in [0, 0.1) is 0 Å². The molecule has 0 fully saturated rings. The molecule has 0 saturated carbocycles. The summed E-state index contributed by atoms with van der Waals surface area (Å²) in [6.07, 6.45) is 65.9. The molecular formula is C61H114O6. The molecule has 0 unspecified atom stereocenters.